The standard InChI is InChI=1S/C33H64O2S2/c34-32(35)30-28-26-24-22-20-18-16-14-12-10-8-6-4-2-1-3-5-7-9-11-13-15-17-19-21-23-25-27-29-31-33(36)37/h1-31H2,(H,34,35)(H,36,37). The molecule has 0 atom stereocenters. The SMILES string of the molecule is O=C(O)CCCCCCCCCCCCCCCCCCCCCCCCCCCCCCCC(=S)S. The van der Waals surface area contributed by atoms with Crippen LogP contribution in [0.5, 0.6) is 0 Å². The second-order valence-electron chi connectivity index (χ2n) is 11.5. The van der Waals surface area contributed by atoms with E-state index in [-0.39, 0.29) is 0 Å². The van der Waals surface area contributed by atoms with Crippen LogP contribution < -0.4 is 0 Å². The van der Waals surface area contributed by atoms with Gasteiger partial charge < -0.3 is 5.11 Å². The summed E-state index contributed by atoms with van der Waals surface area (Å²) in [6.07, 6.45) is 41.2. The molecule has 0 aliphatic carbocycles. The molecule has 0 aromatic rings. The van der Waals surface area contributed by atoms with Crippen LogP contribution in [0.25, 0.3) is 0 Å². The number of unbranched alkanes of at least 4 members (excludes halogenated alkanes) is 28. The molecule has 37 heavy (non-hydrogen) atoms. The summed E-state index contributed by atoms with van der Waals surface area (Å²) in [6, 6.07) is 0. The second-order valence-corrected chi connectivity index (χ2v) is 12.9. The number of aliphatic carboxylic acids is 1. The molecule has 0 heterocycles. The first-order chi connectivity index (χ1) is 18.1. The average molecular weight is 557 g/mol. The van der Waals surface area contributed by atoms with Crippen LogP contribution in [0.15, 0.2) is 0 Å². The zero-order valence-electron chi connectivity index (χ0n) is 24.6. The number of hydrogen-bond donors (Lipinski definition) is 2. The molecule has 0 saturated carbocycles. The van der Waals surface area contributed by atoms with Gasteiger partial charge in [-0.3, -0.25) is 4.79 Å². The summed E-state index contributed by atoms with van der Waals surface area (Å²) in [4.78, 5) is 10.5. The molecule has 0 amide bonds. The fourth-order valence-electron chi connectivity index (χ4n) is 5.33. The minimum absolute atomic E-state index is 0.343. The summed E-state index contributed by atoms with van der Waals surface area (Å²) >= 11 is 9.19. The Bertz CT molecular complexity index is 439. The summed E-state index contributed by atoms with van der Waals surface area (Å²) in [6.45, 7) is 0. The lowest BCUT2D eigenvalue weighted by atomic mass is 10.0. The maximum atomic E-state index is 10.5. The van der Waals surface area contributed by atoms with Crippen molar-refractivity contribution in [2.75, 3.05) is 0 Å². The van der Waals surface area contributed by atoms with E-state index in [1.807, 2.05) is 0 Å². The van der Waals surface area contributed by atoms with Crippen LogP contribution in [-0.2, 0) is 4.79 Å². The Morgan fingerprint density at radius 2 is 0.541 bits per heavy atom. The molecular weight excluding hydrogens is 492 g/mol. The van der Waals surface area contributed by atoms with E-state index in [1.54, 1.807) is 0 Å². The summed E-state index contributed by atoms with van der Waals surface area (Å²) < 4.78 is 0.872. The zero-order valence-corrected chi connectivity index (χ0v) is 26.3. The number of hydrogen-bond acceptors (Lipinski definition) is 2. The van der Waals surface area contributed by atoms with Crippen LogP contribution in [0.1, 0.15) is 199 Å². The highest BCUT2D eigenvalue weighted by Gasteiger charge is 1.98. The fraction of sp³-hybridized carbons (Fsp3) is 0.939. The highest BCUT2D eigenvalue weighted by molar-refractivity contribution is 8.11. The van der Waals surface area contributed by atoms with E-state index in [0.29, 0.717) is 6.42 Å². The Kier molecular flexibility index (Phi) is 32.0. The Hall–Kier alpha value is -0.0900. The molecule has 0 aromatic heterocycles. The largest absolute Gasteiger partial charge is 0.481 e. The van der Waals surface area contributed by atoms with Crippen LogP contribution in [-0.4, -0.2) is 15.3 Å². The lowest BCUT2D eigenvalue weighted by Gasteiger charge is -2.04. The third kappa shape index (κ3) is 35.9. The number of rotatable bonds is 32. The predicted molar refractivity (Wildman–Crippen MR) is 172 cm³/mol. The molecule has 0 rings (SSSR count). The van der Waals surface area contributed by atoms with Gasteiger partial charge in [0.1, 0.15) is 0 Å². The average Bonchev–Trinajstić information content (AvgIpc) is 2.87. The highest BCUT2D eigenvalue weighted by Crippen LogP contribution is 2.16. The van der Waals surface area contributed by atoms with Crippen molar-refractivity contribution in [3.8, 4) is 0 Å². The van der Waals surface area contributed by atoms with Crippen LogP contribution in [0.4, 0.5) is 0 Å². The van der Waals surface area contributed by atoms with Gasteiger partial charge in [0.15, 0.2) is 0 Å². The molecule has 0 radical (unpaired) electrons. The van der Waals surface area contributed by atoms with Gasteiger partial charge in [-0.05, 0) is 19.3 Å². The van der Waals surface area contributed by atoms with Gasteiger partial charge in [-0.25, -0.2) is 0 Å². The number of carbonyl (C=O) groups is 1. The number of thiol groups is 1. The van der Waals surface area contributed by atoms with Crippen LogP contribution in [0.3, 0.4) is 0 Å². The molecule has 0 aliphatic rings. The molecule has 1 N–H and O–H groups in total. The van der Waals surface area contributed by atoms with E-state index in [1.165, 1.54) is 173 Å². The zero-order chi connectivity index (χ0) is 27.1. The van der Waals surface area contributed by atoms with Gasteiger partial charge in [0.25, 0.3) is 0 Å². The molecule has 0 bridgehead atoms. The summed E-state index contributed by atoms with van der Waals surface area (Å²) in [7, 11) is 0. The maximum Gasteiger partial charge on any atom is 0.303 e. The maximum absolute atomic E-state index is 10.5. The lowest BCUT2D eigenvalue weighted by Crippen LogP contribution is -1.93. The predicted octanol–water partition coefficient (Wildman–Crippen LogP) is 12.4. The van der Waals surface area contributed by atoms with E-state index in [4.69, 9.17) is 17.3 Å². The third-order valence-electron chi connectivity index (χ3n) is 7.78. The Morgan fingerprint density at radius 3 is 0.703 bits per heavy atom. The van der Waals surface area contributed by atoms with E-state index in [9.17, 15) is 4.79 Å². The van der Waals surface area contributed by atoms with Crippen molar-refractivity contribution in [2.45, 2.75) is 199 Å². The highest BCUT2D eigenvalue weighted by atomic mass is 32.1. The van der Waals surface area contributed by atoms with Crippen molar-refractivity contribution in [2.24, 2.45) is 0 Å². The summed E-state index contributed by atoms with van der Waals surface area (Å²) in [5, 5.41) is 8.62. The van der Waals surface area contributed by atoms with Crippen LogP contribution >= 0.6 is 24.8 Å². The van der Waals surface area contributed by atoms with Gasteiger partial charge in [0.05, 0.1) is 0 Å². The van der Waals surface area contributed by atoms with Crippen LogP contribution in [0, 0.1) is 0 Å². The molecule has 2 nitrogen and oxygen atoms in total. The van der Waals surface area contributed by atoms with Gasteiger partial charge in [-0.15, -0.1) is 12.6 Å². The molecule has 0 aromatic carbocycles. The molecule has 0 saturated heterocycles. The molecule has 4 heteroatoms. The van der Waals surface area contributed by atoms with E-state index in [2.05, 4.69) is 12.6 Å². The minimum atomic E-state index is -0.651. The Morgan fingerprint density at radius 1 is 0.378 bits per heavy atom. The van der Waals surface area contributed by atoms with E-state index >= 15 is 0 Å². The number of carboxylic acid groups (broad SMARTS) is 1. The molecule has 0 spiro atoms. The van der Waals surface area contributed by atoms with Crippen molar-refractivity contribution in [3.63, 3.8) is 0 Å². The van der Waals surface area contributed by atoms with Gasteiger partial charge in [-0.1, -0.05) is 186 Å². The van der Waals surface area contributed by atoms with Crippen molar-refractivity contribution in [1.29, 1.82) is 0 Å². The van der Waals surface area contributed by atoms with Gasteiger partial charge in [-0.2, -0.15) is 0 Å². The van der Waals surface area contributed by atoms with Gasteiger partial charge >= 0.3 is 5.97 Å². The first kappa shape index (κ1) is 36.9. The first-order valence-corrected chi connectivity index (χ1v) is 17.4. The van der Waals surface area contributed by atoms with Crippen molar-refractivity contribution in [3.05, 3.63) is 0 Å². The molecule has 0 fully saturated rings. The van der Waals surface area contributed by atoms with Crippen LogP contribution in [0.2, 0.25) is 0 Å². The topological polar surface area (TPSA) is 37.3 Å². The van der Waals surface area contributed by atoms with Crippen molar-refractivity contribution >= 4 is 35.0 Å². The number of carboxylic acids is 1. The molecular formula is C33H64O2S2. The quantitative estimate of drug-likeness (QED) is 0.0491. The minimum Gasteiger partial charge on any atom is -0.481 e. The molecule has 0 aliphatic heterocycles. The van der Waals surface area contributed by atoms with Gasteiger partial charge in [0.2, 0.25) is 0 Å². The third-order valence-corrected chi connectivity index (χ3v) is 8.21. The van der Waals surface area contributed by atoms with Gasteiger partial charge in [0, 0.05) is 10.6 Å². The van der Waals surface area contributed by atoms with Crippen molar-refractivity contribution in [1.82, 2.24) is 0 Å². The smallest absolute Gasteiger partial charge is 0.303 e. The fourth-order valence-corrected chi connectivity index (χ4v) is 5.63. The monoisotopic (exact) mass is 556 g/mol. The van der Waals surface area contributed by atoms with Crippen molar-refractivity contribution < 1.29 is 9.90 Å². The Labute approximate surface area is 243 Å². The normalized spacial score (nSPS) is 11.3. The van der Waals surface area contributed by atoms with E-state index < -0.39 is 5.97 Å². The first-order valence-electron chi connectivity index (χ1n) is 16.6. The number of thiocarbonyl (C=S) groups is 1. The van der Waals surface area contributed by atoms with E-state index in [0.717, 1.165) is 23.5 Å². The summed E-state index contributed by atoms with van der Waals surface area (Å²) in [5.41, 5.74) is 0. The Balaban J connectivity index is 3.03. The lowest BCUT2D eigenvalue weighted by molar-refractivity contribution is -0.137. The molecule has 220 valence electrons. The second kappa shape index (κ2) is 32.1. The summed E-state index contributed by atoms with van der Waals surface area (Å²) in [5.74, 6) is -0.651. The molecule has 0 unspecified atom stereocenters.